The number of thioether (sulfide) groups is 1. The molecule has 1 N–H and O–H groups in total. The number of benzene rings is 1. The lowest BCUT2D eigenvalue weighted by molar-refractivity contribution is 0.0934. The summed E-state index contributed by atoms with van der Waals surface area (Å²) in [6.45, 7) is 0. The van der Waals surface area contributed by atoms with Crippen molar-refractivity contribution < 1.29 is 4.79 Å². The van der Waals surface area contributed by atoms with Crippen molar-refractivity contribution in [2.45, 2.75) is 17.4 Å². The molecule has 2 heterocycles. The van der Waals surface area contributed by atoms with Gasteiger partial charge in [-0.1, -0.05) is 18.2 Å². The number of amides is 1. The molecule has 0 fully saturated rings. The highest BCUT2D eigenvalue weighted by atomic mass is 79.9. The van der Waals surface area contributed by atoms with E-state index in [0.29, 0.717) is 5.56 Å². The van der Waals surface area contributed by atoms with Gasteiger partial charge in [0.1, 0.15) is 0 Å². The van der Waals surface area contributed by atoms with Crippen LogP contribution in [-0.4, -0.2) is 16.6 Å². The summed E-state index contributed by atoms with van der Waals surface area (Å²) in [7, 11) is 0. The minimum absolute atomic E-state index is 0.0782. The van der Waals surface area contributed by atoms with E-state index < -0.39 is 0 Å². The van der Waals surface area contributed by atoms with Crippen LogP contribution in [0.15, 0.2) is 52.1 Å². The maximum absolute atomic E-state index is 12.3. The summed E-state index contributed by atoms with van der Waals surface area (Å²) in [5, 5.41) is 3.11. The van der Waals surface area contributed by atoms with E-state index in [1.54, 1.807) is 18.5 Å². The summed E-state index contributed by atoms with van der Waals surface area (Å²) in [5.74, 6) is 0.948. The number of rotatable bonds is 2. The molecule has 2 aromatic rings. The van der Waals surface area contributed by atoms with Crippen LogP contribution in [0.4, 0.5) is 0 Å². The third-order valence-electron chi connectivity index (χ3n) is 3.23. The smallest absolute Gasteiger partial charge is 0.253 e. The molecular weight excluding hydrogens is 336 g/mol. The molecule has 1 aliphatic rings. The standard InChI is InChI=1S/C15H13BrN2OS/c16-11-7-10(8-17-9-11)15(19)18-13-5-6-20-14-4-2-1-3-12(13)14/h1-4,7-9,13H,5-6H2,(H,18,19)/t13-/m0/s1. The molecule has 1 amide bonds. The first-order valence-corrected chi connectivity index (χ1v) is 8.15. The summed E-state index contributed by atoms with van der Waals surface area (Å²) in [6, 6.07) is 10.1. The number of hydrogen-bond acceptors (Lipinski definition) is 3. The molecule has 20 heavy (non-hydrogen) atoms. The zero-order valence-corrected chi connectivity index (χ0v) is 13.1. The number of hydrogen-bond donors (Lipinski definition) is 1. The van der Waals surface area contributed by atoms with Gasteiger partial charge >= 0.3 is 0 Å². The molecule has 0 saturated heterocycles. The monoisotopic (exact) mass is 348 g/mol. The largest absolute Gasteiger partial charge is 0.345 e. The van der Waals surface area contributed by atoms with E-state index in [1.807, 2.05) is 23.9 Å². The third-order valence-corrected chi connectivity index (χ3v) is 4.79. The molecule has 3 nitrogen and oxygen atoms in total. The van der Waals surface area contributed by atoms with Crippen LogP contribution in [-0.2, 0) is 0 Å². The quantitative estimate of drug-likeness (QED) is 0.897. The number of aromatic nitrogens is 1. The fraction of sp³-hybridized carbons (Fsp3) is 0.200. The number of nitrogens with one attached hydrogen (secondary N) is 1. The molecule has 3 rings (SSSR count). The topological polar surface area (TPSA) is 42.0 Å². The fourth-order valence-electron chi connectivity index (χ4n) is 2.27. The van der Waals surface area contributed by atoms with Gasteiger partial charge in [-0.25, -0.2) is 0 Å². The molecule has 0 radical (unpaired) electrons. The Morgan fingerprint density at radius 2 is 2.20 bits per heavy atom. The molecule has 0 saturated carbocycles. The van der Waals surface area contributed by atoms with E-state index in [-0.39, 0.29) is 11.9 Å². The molecular formula is C15H13BrN2OS. The second-order valence-corrected chi connectivity index (χ2v) is 6.65. The third kappa shape index (κ3) is 2.88. The number of fused-ring (bicyclic) bond motifs is 1. The SMILES string of the molecule is O=C(N[C@H]1CCSc2ccccc21)c1cncc(Br)c1. The predicted molar refractivity (Wildman–Crippen MR) is 83.9 cm³/mol. The summed E-state index contributed by atoms with van der Waals surface area (Å²) in [4.78, 5) is 17.6. The Morgan fingerprint density at radius 3 is 3.05 bits per heavy atom. The van der Waals surface area contributed by atoms with Crippen LogP contribution >= 0.6 is 27.7 Å². The molecule has 102 valence electrons. The maximum Gasteiger partial charge on any atom is 0.253 e. The number of carbonyl (C=O) groups is 1. The predicted octanol–water partition coefficient (Wildman–Crippen LogP) is 3.81. The summed E-state index contributed by atoms with van der Waals surface area (Å²) in [6.07, 6.45) is 4.21. The van der Waals surface area contributed by atoms with E-state index in [2.05, 4.69) is 38.4 Å². The Balaban J connectivity index is 1.81. The van der Waals surface area contributed by atoms with Crippen molar-refractivity contribution in [3.05, 3.63) is 58.3 Å². The van der Waals surface area contributed by atoms with Crippen molar-refractivity contribution in [2.75, 3.05) is 5.75 Å². The second kappa shape index (κ2) is 5.97. The molecule has 1 atom stereocenters. The van der Waals surface area contributed by atoms with Gasteiger partial charge in [-0.15, -0.1) is 11.8 Å². The second-order valence-electron chi connectivity index (χ2n) is 4.59. The summed E-state index contributed by atoms with van der Waals surface area (Å²) < 4.78 is 0.810. The highest BCUT2D eigenvalue weighted by Crippen LogP contribution is 2.35. The average molecular weight is 349 g/mol. The Bertz CT molecular complexity index is 647. The van der Waals surface area contributed by atoms with Crippen LogP contribution in [0.25, 0.3) is 0 Å². The first-order chi connectivity index (χ1) is 9.74. The normalized spacial score (nSPS) is 17.4. The lowest BCUT2D eigenvalue weighted by Gasteiger charge is -2.25. The zero-order valence-electron chi connectivity index (χ0n) is 10.7. The van der Waals surface area contributed by atoms with Crippen molar-refractivity contribution in [1.29, 1.82) is 0 Å². The van der Waals surface area contributed by atoms with Crippen LogP contribution < -0.4 is 5.32 Å². The first-order valence-electron chi connectivity index (χ1n) is 6.37. The Morgan fingerprint density at radius 1 is 1.35 bits per heavy atom. The van der Waals surface area contributed by atoms with Crippen molar-refractivity contribution >= 4 is 33.6 Å². The van der Waals surface area contributed by atoms with Crippen molar-refractivity contribution in [3.8, 4) is 0 Å². The van der Waals surface area contributed by atoms with Crippen molar-refractivity contribution in [1.82, 2.24) is 10.3 Å². The van der Waals surface area contributed by atoms with Gasteiger partial charge in [0.05, 0.1) is 11.6 Å². The van der Waals surface area contributed by atoms with Gasteiger partial charge in [0, 0.05) is 27.5 Å². The Hall–Kier alpha value is -1.33. The molecule has 0 bridgehead atoms. The van der Waals surface area contributed by atoms with Gasteiger partial charge in [0.2, 0.25) is 0 Å². The minimum atomic E-state index is -0.0782. The minimum Gasteiger partial charge on any atom is -0.345 e. The fourth-order valence-corrected chi connectivity index (χ4v) is 3.76. The Labute approximate surface area is 130 Å². The van der Waals surface area contributed by atoms with Crippen LogP contribution in [0.5, 0.6) is 0 Å². The highest BCUT2D eigenvalue weighted by molar-refractivity contribution is 9.10. The molecule has 0 spiro atoms. The van der Waals surface area contributed by atoms with Crippen LogP contribution in [0, 0.1) is 0 Å². The first kappa shape index (κ1) is 13.6. The van der Waals surface area contributed by atoms with E-state index in [0.717, 1.165) is 16.6 Å². The molecule has 5 heteroatoms. The zero-order chi connectivity index (χ0) is 13.9. The number of nitrogens with zero attached hydrogens (tertiary/aromatic N) is 1. The van der Waals surface area contributed by atoms with Gasteiger partial charge in [-0.2, -0.15) is 0 Å². The van der Waals surface area contributed by atoms with Gasteiger partial charge in [-0.05, 0) is 40.0 Å². The van der Waals surface area contributed by atoms with Crippen LogP contribution in [0.3, 0.4) is 0 Å². The molecule has 0 aliphatic carbocycles. The van der Waals surface area contributed by atoms with Gasteiger partial charge in [0.15, 0.2) is 0 Å². The number of carbonyl (C=O) groups excluding carboxylic acids is 1. The van der Waals surface area contributed by atoms with Gasteiger partial charge in [-0.3, -0.25) is 9.78 Å². The van der Waals surface area contributed by atoms with Crippen molar-refractivity contribution in [3.63, 3.8) is 0 Å². The maximum atomic E-state index is 12.3. The van der Waals surface area contributed by atoms with E-state index in [9.17, 15) is 4.79 Å². The van der Waals surface area contributed by atoms with Gasteiger partial charge < -0.3 is 5.32 Å². The van der Waals surface area contributed by atoms with E-state index >= 15 is 0 Å². The number of halogens is 1. The van der Waals surface area contributed by atoms with Crippen molar-refractivity contribution in [2.24, 2.45) is 0 Å². The number of pyridine rings is 1. The molecule has 1 aliphatic heterocycles. The average Bonchev–Trinajstić information content (AvgIpc) is 2.47. The molecule has 1 aromatic carbocycles. The summed E-state index contributed by atoms with van der Waals surface area (Å²) >= 11 is 5.18. The molecule has 0 unspecified atom stereocenters. The Kier molecular flexibility index (Phi) is 4.08. The summed E-state index contributed by atoms with van der Waals surface area (Å²) in [5.41, 5.74) is 1.79. The van der Waals surface area contributed by atoms with Gasteiger partial charge in [0.25, 0.3) is 5.91 Å². The van der Waals surface area contributed by atoms with E-state index in [4.69, 9.17) is 0 Å². The van der Waals surface area contributed by atoms with Crippen LogP contribution in [0.2, 0.25) is 0 Å². The highest BCUT2D eigenvalue weighted by Gasteiger charge is 2.22. The molecule has 1 aromatic heterocycles. The lowest BCUT2D eigenvalue weighted by atomic mass is 10.0. The lowest BCUT2D eigenvalue weighted by Crippen LogP contribution is -2.30. The van der Waals surface area contributed by atoms with E-state index in [1.165, 1.54) is 10.5 Å². The van der Waals surface area contributed by atoms with Crippen LogP contribution in [0.1, 0.15) is 28.4 Å².